The van der Waals surface area contributed by atoms with Crippen molar-refractivity contribution in [2.45, 2.75) is 61.4 Å². The Morgan fingerprint density at radius 3 is 0.948 bits per heavy atom. The molecule has 0 saturated carbocycles. The van der Waals surface area contributed by atoms with Gasteiger partial charge in [-0.05, 0) is 91.0 Å². The Kier molecular flexibility index (Phi) is 24.5. The molecule has 0 aliphatic carbocycles. The highest BCUT2D eigenvalue weighted by Crippen LogP contribution is 2.57. The van der Waals surface area contributed by atoms with Crippen LogP contribution < -0.4 is 4.74 Å². The largest absolute Gasteiger partial charge is 0.504 e. The van der Waals surface area contributed by atoms with Gasteiger partial charge in [0.2, 0.25) is 47.8 Å². The highest BCUT2D eigenvalue weighted by molar-refractivity contribution is 6.09. The Morgan fingerprint density at radius 2 is 0.567 bits per heavy atom. The number of hydrogen-bond acceptors (Lipinski definition) is 52. The van der Waals surface area contributed by atoms with Crippen molar-refractivity contribution in [3.8, 4) is 189 Å². The lowest BCUT2D eigenvalue weighted by atomic mass is 9.91. The second kappa shape index (κ2) is 35.6. The lowest BCUT2D eigenvalue weighted by Gasteiger charge is -2.44. The second-order valence-corrected chi connectivity index (χ2v) is 28.4. The fourth-order valence-corrected chi connectivity index (χ4v) is 13.2. The summed E-state index contributed by atoms with van der Waals surface area (Å²) in [5.74, 6) is -64.1. The molecule has 134 heavy (non-hydrogen) atoms. The molecule has 13 rings (SSSR count). The highest BCUT2D eigenvalue weighted by Gasteiger charge is 2.58. The van der Waals surface area contributed by atoms with Crippen LogP contribution in [-0.4, -0.2) is 282 Å². The van der Waals surface area contributed by atoms with Crippen molar-refractivity contribution in [2.75, 3.05) is 13.2 Å². The van der Waals surface area contributed by atoms with Crippen LogP contribution in [0.5, 0.6) is 178 Å². The van der Waals surface area contributed by atoms with Crippen molar-refractivity contribution in [1.29, 1.82) is 0 Å². The van der Waals surface area contributed by atoms with Gasteiger partial charge in [-0.15, -0.1) is 0 Å². The molecule has 10 aromatic rings. The molecule has 0 bridgehead atoms. The summed E-state index contributed by atoms with van der Waals surface area (Å²) in [5.41, 5.74) is -14.6. The van der Waals surface area contributed by atoms with E-state index in [0.717, 1.165) is 0 Å². The zero-order valence-electron chi connectivity index (χ0n) is 65.9. The average Bonchev–Trinajstić information content (AvgIpc) is 1.30. The number of hydrogen-bond donors (Lipinski definition) is 29. The van der Waals surface area contributed by atoms with Crippen LogP contribution in [0.15, 0.2) is 103 Å². The monoisotopic (exact) mass is 1880 g/mol. The van der Waals surface area contributed by atoms with Gasteiger partial charge < -0.3 is 210 Å². The van der Waals surface area contributed by atoms with E-state index in [1.165, 1.54) is 0 Å². The summed E-state index contributed by atoms with van der Waals surface area (Å²) >= 11 is 0. The minimum atomic E-state index is -3.03. The molecule has 700 valence electrons. The number of phenols is 29. The topological polar surface area (TPSA) is 877 Å². The molecule has 10 atom stereocenters. The molecular weight excluding hydrogens is 1820 g/mol. The van der Waals surface area contributed by atoms with E-state index in [1.807, 2.05) is 0 Å². The van der Waals surface area contributed by atoms with Gasteiger partial charge in [0.05, 0.1) is 50.1 Å². The molecule has 0 unspecified atom stereocenters. The number of esters is 10. The third-order valence-corrected chi connectivity index (χ3v) is 19.8. The molecule has 0 radical (unpaired) electrons. The van der Waals surface area contributed by atoms with Gasteiger partial charge in [-0.2, -0.15) is 0 Å². The summed E-state index contributed by atoms with van der Waals surface area (Å²) in [6.45, 7) is -3.32. The fourth-order valence-electron chi connectivity index (χ4n) is 13.2. The number of carbonyl (C=O) groups excluding carboxylic acids is 10. The van der Waals surface area contributed by atoms with Crippen molar-refractivity contribution < 1.29 is 258 Å². The van der Waals surface area contributed by atoms with Crippen LogP contribution in [0.25, 0.3) is 11.1 Å². The zero-order chi connectivity index (χ0) is 98.0. The third kappa shape index (κ3) is 17.6. The number of phenolic OH excluding ortho intramolecular Hbond substituents is 29. The highest BCUT2D eigenvalue weighted by atomic mass is 16.8. The van der Waals surface area contributed by atoms with Gasteiger partial charge >= 0.3 is 59.7 Å². The fraction of sp³-hybridized carbons (Fsp3) is 0.146. The molecule has 2 fully saturated rings. The van der Waals surface area contributed by atoms with Crippen LogP contribution in [0.3, 0.4) is 0 Å². The first-order valence-electron chi connectivity index (χ1n) is 36.9. The summed E-state index contributed by atoms with van der Waals surface area (Å²) in [5, 5.41) is 312. The van der Waals surface area contributed by atoms with Gasteiger partial charge in [-0.1, -0.05) is 0 Å². The van der Waals surface area contributed by atoms with Crippen molar-refractivity contribution in [1.82, 2.24) is 0 Å². The summed E-state index contributed by atoms with van der Waals surface area (Å²) in [7, 11) is 0. The number of rotatable bonds is 19. The van der Waals surface area contributed by atoms with E-state index in [4.69, 9.17) is 61.6 Å². The SMILES string of the molecule is O=C(OC[C@H]1O[C@H](OC(=O)c2cc(O)c(O)c(O)c2)[C@@H](OC(=O)c2cc(O)c(O)c(O)c2)[C@@H](OC(=O)c2cc(O)c(O)c(O)c2)[C@H]1OC(=O)c1cc(O)c(O)c(O)c1Oc1cc2c(c(O)c1O)-c1c(cc(O)c(O)c1O)C(=O)O[C@@H]1[C@H](OC(=O)c3cc(O)c(O)c(O)c3)[C@H](OC(=O)c3cc(O)c(O)c(O)c3)[C@H](OC(=O)c3cc(O)c(O)c(O)c3)O[C@H]1COC2=O)c1cc(O)c(O)c(O)c1. The lowest BCUT2D eigenvalue weighted by molar-refractivity contribution is -0.283. The normalized spacial score (nSPS) is 18.4. The van der Waals surface area contributed by atoms with Gasteiger partial charge in [0, 0.05) is 23.3 Å². The summed E-state index contributed by atoms with van der Waals surface area (Å²) < 4.78 is 74.1. The van der Waals surface area contributed by atoms with Crippen molar-refractivity contribution in [2.24, 2.45) is 0 Å². The Labute approximate surface area is 737 Å². The summed E-state index contributed by atoms with van der Waals surface area (Å²) in [6.07, 6.45) is -28.6. The van der Waals surface area contributed by atoms with E-state index in [-0.39, 0.29) is 18.2 Å². The molecule has 2 saturated heterocycles. The van der Waals surface area contributed by atoms with Gasteiger partial charge in [-0.25, -0.2) is 47.9 Å². The van der Waals surface area contributed by atoms with Gasteiger partial charge in [0.1, 0.15) is 31.0 Å². The molecule has 3 aliphatic heterocycles. The maximum atomic E-state index is 15.6. The number of aromatic hydroxyl groups is 29. The first-order chi connectivity index (χ1) is 63.0. The van der Waals surface area contributed by atoms with E-state index in [0.29, 0.717) is 84.9 Å². The molecule has 52 heteroatoms. The van der Waals surface area contributed by atoms with Crippen LogP contribution in [0, 0.1) is 0 Å². The molecule has 29 N–H and O–H groups in total. The van der Waals surface area contributed by atoms with Crippen LogP contribution in [0.2, 0.25) is 0 Å². The Hall–Kier alpha value is -19.2. The number of carbonyl (C=O) groups is 10. The quantitative estimate of drug-likeness (QED) is 0.0311. The van der Waals surface area contributed by atoms with Crippen molar-refractivity contribution >= 4 is 59.7 Å². The van der Waals surface area contributed by atoms with Crippen LogP contribution in [0.4, 0.5) is 0 Å². The van der Waals surface area contributed by atoms with E-state index in [1.54, 1.807) is 0 Å². The minimum absolute atomic E-state index is 0.0682. The molecule has 0 amide bonds. The standard InChI is InChI=1S/C82H60O52/c83-30-1-20(2-31(84)51(30)99)71(112)122-18-47-66(68(130-73(114)22-5-34(87)53(101)35(88)6-22)70(132-75(116)24-9-38(91)55(103)39(92)10-24)81(125-47)133-76(117)25-11-40(93)56(104)41(94)12-25)128-80(121)29-16-45(98)59(107)63(111)64(29)124-46-17-28-50(62(110)60(46)108)49-27(15-44(97)58(106)61(49)109)79(120)127-65-48(19-123-78(28)119)126-82(134-77(118)26-13-42(95)57(105)43(96)14-26)69(131-74(115)23-7-36(89)54(102)37(90)8-23)67(65)129-72(113)21-3-32(85)52(100)33(86)4-21/h1-17,47-48,65-70,81-111H,18-19H2/t47-,48+,65+,66+,67+,68+,69+,70+,81-,82+/m1/s1. The summed E-state index contributed by atoms with van der Waals surface area (Å²) in [6, 6.07) is 6.05. The molecule has 3 aliphatic rings. The molecule has 0 aromatic heterocycles. The smallest absolute Gasteiger partial charge is 0.342 e. The molecule has 52 nitrogen and oxygen atoms in total. The predicted octanol–water partition coefficient (Wildman–Crippen LogP) is 3.75. The maximum absolute atomic E-state index is 15.6. The number of fused-ring (bicyclic) bond motifs is 4. The Morgan fingerprint density at radius 1 is 0.276 bits per heavy atom. The second-order valence-electron chi connectivity index (χ2n) is 28.4. The van der Waals surface area contributed by atoms with Crippen molar-refractivity contribution in [3.05, 3.63) is 159 Å². The van der Waals surface area contributed by atoms with E-state index < -0.39 is 379 Å². The average molecular weight is 1880 g/mol. The minimum Gasteiger partial charge on any atom is -0.504 e. The summed E-state index contributed by atoms with van der Waals surface area (Å²) in [4.78, 5) is 147. The maximum Gasteiger partial charge on any atom is 0.342 e. The first-order valence-corrected chi connectivity index (χ1v) is 36.9. The number of cyclic esters (lactones) is 1. The van der Waals surface area contributed by atoms with Gasteiger partial charge in [-0.3, -0.25) is 0 Å². The van der Waals surface area contributed by atoms with Gasteiger partial charge in [0.25, 0.3) is 0 Å². The lowest BCUT2D eigenvalue weighted by Crippen LogP contribution is -2.63. The molecule has 0 spiro atoms. The van der Waals surface area contributed by atoms with Crippen molar-refractivity contribution in [3.63, 3.8) is 0 Å². The molecule has 3 heterocycles. The van der Waals surface area contributed by atoms with Crippen LogP contribution in [0.1, 0.15) is 104 Å². The Balaban J connectivity index is 0.955. The first kappa shape index (κ1) is 92.5. The van der Waals surface area contributed by atoms with Crippen LogP contribution >= 0.6 is 0 Å². The zero-order valence-corrected chi connectivity index (χ0v) is 65.9. The van der Waals surface area contributed by atoms with E-state index in [2.05, 4.69) is 0 Å². The van der Waals surface area contributed by atoms with E-state index in [9.17, 15) is 182 Å². The van der Waals surface area contributed by atoms with Gasteiger partial charge in [0.15, 0.2) is 180 Å². The van der Waals surface area contributed by atoms with Crippen LogP contribution in [-0.2, 0) is 56.8 Å². The Bertz CT molecular complexity index is 6470. The third-order valence-electron chi connectivity index (χ3n) is 19.8. The number of benzene rings is 10. The van der Waals surface area contributed by atoms with E-state index >= 15 is 14.4 Å². The molecule has 10 aromatic carbocycles. The predicted molar refractivity (Wildman–Crippen MR) is 416 cm³/mol. The number of ether oxygens (including phenoxy) is 13. The molecular formula is C82H60O52.